The maximum atomic E-state index is 11.8. The Morgan fingerprint density at radius 3 is 2.76 bits per heavy atom. The highest BCUT2D eigenvalue weighted by Crippen LogP contribution is 2.29. The molecule has 2 heterocycles. The molecule has 5 heteroatoms. The van der Waals surface area contributed by atoms with Gasteiger partial charge in [-0.05, 0) is 42.8 Å². The van der Waals surface area contributed by atoms with E-state index >= 15 is 0 Å². The van der Waals surface area contributed by atoms with Gasteiger partial charge in [0.25, 0.3) is 0 Å². The van der Waals surface area contributed by atoms with Crippen LogP contribution in [-0.2, 0) is 6.54 Å². The van der Waals surface area contributed by atoms with Crippen molar-refractivity contribution in [2.24, 2.45) is 5.10 Å². The molecule has 4 rings (SSSR count). The van der Waals surface area contributed by atoms with E-state index in [9.17, 15) is 4.79 Å². The van der Waals surface area contributed by atoms with Crippen molar-refractivity contribution in [1.29, 1.82) is 0 Å². The molecule has 0 aliphatic rings. The summed E-state index contributed by atoms with van der Waals surface area (Å²) in [7, 11) is 0. The van der Waals surface area contributed by atoms with Crippen molar-refractivity contribution < 1.29 is 9.21 Å². The number of hydrogen-bond donors (Lipinski definition) is 1. The molecule has 0 fully saturated rings. The van der Waals surface area contributed by atoms with E-state index in [1.807, 2.05) is 12.1 Å². The number of carbonyl (C=O) groups is 1. The summed E-state index contributed by atoms with van der Waals surface area (Å²) < 4.78 is 7.33. The molecule has 0 saturated heterocycles. The van der Waals surface area contributed by atoms with Gasteiger partial charge in [-0.15, -0.1) is 0 Å². The predicted octanol–water partition coefficient (Wildman–Crippen LogP) is 4.17. The smallest absolute Gasteiger partial charge is 0.307 e. The number of amides is 1. The molecule has 2 aromatic heterocycles. The van der Waals surface area contributed by atoms with Crippen LogP contribution >= 0.6 is 0 Å². The van der Waals surface area contributed by atoms with Crippen molar-refractivity contribution in [2.45, 2.75) is 13.5 Å². The Hall–Kier alpha value is -3.34. The molecule has 0 atom stereocenters. The summed E-state index contributed by atoms with van der Waals surface area (Å²) in [6, 6.07) is 17.8. The number of nitrogens with zero attached hydrogens (tertiary/aromatic N) is 2. The third-order valence-electron chi connectivity index (χ3n) is 4.24. The number of carbonyl (C=O) groups excluding carboxylic acids is 1. The summed E-state index contributed by atoms with van der Waals surface area (Å²) in [5, 5.41) is 6.42. The molecule has 2 aromatic carbocycles. The van der Waals surface area contributed by atoms with Crippen LogP contribution in [0.1, 0.15) is 23.0 Å². The summed E-state index contributed by atoms with van der Waals surface area (Å²) in [4.78, 5) is 11.8. The van der Waals surface area contributed by atoms with Crippen LogP contribution in [0.2, 0.25) is 0 Å². The number of aryl methyl sites for hydroxylation is 1. The van der Waals surface area contributed by atoms with Crippen molar-refractivity contribution in [2.75, 3.05) is 0 Å². The quantitative estimate of drug-likeness (QED) is 0.451. The van der Waals surface area contributed by atoms with Gasteiger partial charge in [0, 0.05) is 28.4 Å². The molecule has 0 aliphatic carbocycles. The fourth-order valence-electron chi connectivity index (χ4n) is 3.12. The first-order valence-corrected chi connectivity index (χ1v) is 8.16. The lowest BCUT2D eigenvalue weighted by atomic mass is 10.1. The van der Waals surface area contributed by atoms with Crippen LogP contribution in [0.15, 0.2) is 70.4 Å². The van der Waals surface area contributed by atoms with E-state index in [1.54, 1.807) is 18.3 Å². The Labute approximate surface area is 144 Å². The summed E-state index contributed by atoms with van der Waals surface area (Å²) in [5.41, 5.74) is 5.81. The average molecular weight is 331 g/mol. The number of benzene rings is 2. The lowest BCUT2D eigenvalue weighted by Gasteiger charge is -2.02. The third-order valence-corrected chi connectivity index (χ3v) is 4.24. The largest absolute Gasteiger partial charge is 0.459 e. The molecule has 5 nitrogen and oxygen atoms in total. The molecule has 1 N–H and O–H groups in total. The molecular weight excluding hydrogens is 314 g/mol. The van der Waals surface area contributed by atoms with Gasteiger partial charge in [-0.3, -0.25) is 4.79 Å². The molecule has 124 valence electrons. The maximum Gasteiger partial charge on any atom is 0.307 e. The second-order valence-corrected chi connectivity index (χ2v) is 5.71. The summed E-state index contributed by atoms with van der Waals surface area (Å²) in [6.07, 6.45) is 3.09. The topological polar surface area (TPSA) is 59.5 Å². The second kappa shape index (κ2) is 6.28. The van der Waals surface area contributed by atoms with E-state index in [0.717, 1.165) is 12.1 Å². The predicted molar refractivity (Wildman–Crippen MR) is 98.9 cm³/mol. The van der Waals surface area contributed by atoms with Crippen molar-refractivity contribution in [3.63, 3.8) is 0 Å². The number of nitrogens with one attached hydrogen (secondary N) is 1. The van der Waals surface area contributed by atoms with E-state index in [-0.39, 0.29) is 11.7 Å². The number of para-hydroxylation sites is 1. The van der Waals surface area contributed by atoms with Gasteiger partial charge in [-0.1, -0.05) is 24.3 Å². The van der Waals surface area contributed by atoms with Crippen LogP contribution in [0.25, 0.3) is 21.8 Å². The third kappa shape index (κ3) is 2.70. The number of aromatic nitrogens is 1. The van der Waals surface area contributed by atoms with Gasteiger partial charge in [-0.25, -0.2) is 5.43 Å². The lowest BCUT2D eigenvalue weighted by molar-refractivity contribution is 0.0927. The summed E-state index contributed by atoms with van der Waals surface area (Å²) in [6.45, 7) is 3.06. The summed E-state index contributed by atoms with van der Waals surface area (Å²) >= 11 is 0. The fourth-order valence-corrected chi connectivity index (χ4v) is 3.12. The average Bonchev–Trinajstić information content (AvgIpc) is 3.28. The van der Waals surface area contributed by atoms with Gasteiger partial charge in [0.1, 0.15) is 0 Å². The van der Waals surface area contributed by atoms with Gasteiger partial charge in [0.15, 0.2) is 5.76 Å². The number of rotatable bonds is 4. The van der Waals surface area contributed by atoms with Gasteiger partial charge in [0.05, 0.1) is 12.5 Å². The van der Waals surface area contributed by atoms with E-state index < -0.39 is 0 Å². The first-order valence-electron chi connectivity index (χ1n) is 8.16. The van der Waals surface area contributed by atoms with Crippen LogP contribution in [0, 0.1) is 0 Å². The first kappa shape index (κ1) is 15.2. The maximum absolute atomic E-state index is 11.8. The molecule has 0 spiro atoms. The summed E-state index contributed by atoms with van der Waals surface area (Å²) in [5.74, 6) is -0.136. The highest BCUT2D eigenvalue weighted by molar-refractivity contribution is 6.09. The minimum Gasteiger partial charge on any atom is -0.459 e. The Morgan fingerprint density at radius 2 is 1.96 bits per heavy atom. The minimum absolute atomic E-state index is 0.235. The van der Waals surface area contributed by atoms with E-state index in [2.05, 4.69) is 52.3 Å². The zero-order chi connectivity index (χ0) is 17.2. The lowest BCUT2D eigenvalue weighted by Crippen LogP contribution is -2.16. The minimum atomic E-state index is -0.370. The molecule has 1 amide bonds. The van der Waals surface area contributed by atoms with E-state index in [1.165, 1.54) is 28.1 Å². The standard InChI is InChI=1S/C20H17N3O2/c1-2-23-17-7-4-3-6-15(17)16-12-14(9-10-18(16)23)13-21-22-20(24)19-8-5-11-25-19/h3-13H,2H2,1H3,(H,22,24). The Balaban J connectivity index is 1.66. The zero-order valence-corrected chi connectivity index (χ0v) is 13.8. The SMILES string of the molecule is CCn1c2ccccc2c2cc(C=NNC(=O)c3ccco3)ccc21. The first-order chi connectivity index (χ1) is 12.3. The molecule has 0 aliphatic heterocycles. The molecule has 4 aromatic rings. The second-order valence-electron chi connectivity index (χ2n) is 5.71. The van der Waals surface area contributed by atoms with Gasteiger partial charge < -0.3 is 8.98 Å². The molecule has 0 bridgehead atoms. The molecule has 25 heavy (non-hydrogen) atoms. The number of fused-ring (bicyclic) bond motifs is 3. The van der Waals surface area contributed by atoms with Crippen molar-refractivity contribution in [1.82, 2.24) is 9.99 Å². The fraction of sp³-hybridized carbons (Fsp3) is 0.100. The number of furan rings is 1. The molecule has 0 unspecified atom stereocenters. The van der Waals surface area contributed by atoms with Gasteiger partial charge in [0.2, 0.25) is 0 Å². The van der Waals surface area contributed by atoms with Crippen LogP contribution < -0.4 is 5.43 Å². The van der Waals surface area contributed by atoms with Crippen molar-refractivity contribution in [3.05, 3.63) is 72.2 Å². The van der Waals surface area contributed by atoms with Gasteiger partial charge in [-0.2, -0.15) is 5.10 Å². The monoisotopic (exact) mass is 331 g/mol. The normalized spacial score (nSPS) is 11.6. The molecule has 0 saturated carbocycles. The van der Waals surface area contributed by atoms with Gasteiger partial charge >= 0.3 is 5.91 Å². The van der Waals surface area contributed by atoms with Crippen molar-refractivity contribution >= 4 is 33.9 Å². The Kier molecular flexibility index (Phi) is 3.82. The van der Waals surface area contributed by atoms with Crippen LogP contribution in [0.4, 0.5) is 0 Å². The Bertz CT molecular complexity index is 1080. The van der Waals surface area contributed by atoms with E-state index in [4.69, 9.17) is 4.42 Å². The molecule has 0 radical (unpaired) electrons. The molecular formula is C20H17N3O2. The van der Waals surface area contributed by atoms with Crippen LogP contribution in [0.3, 0.4) is 0 Å². The zero-order valence-electron chi connectivity index (χ0n) is 13.8. The Morgan fingerprint density at radius 1 is 1.12 bits per heavy atom. The highest BCUT2D eigenvalue weighted by Gasteiger charge is 2.09. The van der Waals surface area contributed by atoms with E-state index in [0.29, 0.717) is 0 Å². The number of hydrazone groups is 1. The van der Waals surface area contributed by atoms with Crippen LogP contribution in [-0.4, -0.2) is 16.7 Å². The highest BCUT2D eigenvalue weighted by atomic mass is 16.3. The van der Waals surface area contributed by atoms with Crippen LogP contribution in [0.5, 0.6) is 0 Å². The van der Waals surface area contributed by atoms with Crippen molar-refractivity contribution in [3.8, 4) is 0 Å². The number of hydrogen-bond acceptors (Lipinski definition) is 3.